The summed E-state index contributed by atoms with van der Waals surface area (Å²) in [5.41, 5.74) is 2.24. The largest absolute Gasteiger partial charge is 0.460 e. The maximum absolute atomic E-state index is 13.7. The summed E-state index contributed by atoms with van der Waals surface area (Å²) in [5, 5.41) is 11.1. The maximum Gasteiger partial charge on any atom is 0.411 e. The first-order chi connectivity index (χ1) is 20.3. The van der Waals surface area contributed by atoms with Crippen molar-refractivity contribution in [2.45, 2.75) is 44.8 Å². The summed E-state index contributed by atoms with van der Waals surface area (Å²) in [6.07, 6.45) is 3.45. The molecule has 2 unspecified atom stereocenters. The fraction of sp³-hybridized carbons (Fsp3) is 0.367. The predicted molar refractivity (Wildman–Crippen MR) is 158 cm³/mol. The van der Waals surface area contributed by atoms with E-state index in [1.807, 2.05) is 31.2 Å². The third-order valence-electron chi connectivity index (χ3n) is 6.80. The van der Waals surface area contributed by atoms with Gasteiger partial charge in [-0.2, -0.15) is 0 Å². The second-order valence-corrected chi connectivity index (χ2v) is 9.46. The Morgan fingerprint density at radius 1 is 1.17 bits per heavy atom. The SMILES string of the molecule is CCN(CCC(OC=O)c1ccccc1NC)C(=O)C1C/C=C/CCC(=O)Nc2cc(NC(=O)OC)ccc2C(=O)N1. The molecule has 4 amide bonds. The minimum Gasteiger partial charge on any atom is -0.460 e. The summed E-state index contributed by atoms with van der Waals surface area (Å²) in [6, 6.07) is 11.0. The van der Waals surface area contributed by atoms with Gasteiger partial charge in [0.1, 0.15) is 12.1 Å². The van der Waals surface area contributed by atoms with Crippen LogP contribution in [0.3, 0.4) is 0 Å². The zero-order valence-electron chi connectivity index (χ0n) is 24.0. The first kappa shape index (κ1) is 31.7. The summed E-state index contributed by atoms with van der Waals surface area (Å²) < 4.78 is 10.00. The highest BCUT2D eigenvalue weighted by Gasteiger charge is 2.28. The van der Waals surface area contributed by atoms with Gasteiger partial charge in [0.05, 0.1) is 18.4 Å². The Hall–Kier alpha value is -4.87. The van der Waals surface area contributed by atoms with E-state index < -0.39 is 24.1 Å². The van der Waals surface area contributed by atoms with Crippen molar-refractivity contribution in [2.24, 2.45) is 0 Å². The molecule has 2 atom stereocenters. The third kappa shape index (κ3) is 8.56. The molecule has 224 valence electrons. The molecule has 42 heavy (non-hydrogen) atoms. The van der Waals surface area contributed by atoms with Gasteiger partial charge in [0.2, 0.25) is 11.8 Å². The van der Waals surface area contributed by atoms with E-state index in [0.29, 0.717) is 31.5 Å². The van der Waals surface area contributed by atoms with Gasteiger partial charge in [0, 0.05) is 49.9 Å². The molecule has 0 spiro atoms. The number of allylic oxidation sites excluding steroid dienone is 1. The van der Waals surface area contributed by atoms with Crippen molar-refractivity contribution < 1.29 is 33.4 Å². The van der Waals surface area contributed by atoms with Crippen LogP contribution in [0.4, 0.5) is 21.9 Å². The molecular formula is C30H37N5O7. The topological polar surface area (TPSA) is 155 Å². The average molecular weight is 580 g/mol. The second kappa shape index (κ2) is 15.8. The number of rotatable bonds is 10. The molecule has 0 radical (unpaired) electrons. The van der Waals surface area contributed by atoms with Crippen molar-refractivity contribution in [3.8, 4) is 0 Å². The molecule has 4 N–H and O–H groups in total. The fourth-order valence-electron chi connectivity index (χ4n) is 4.61. The number of likely N-dealkylation sites (N-methyl/N-ethyl adjacent to an activating group) is 1. The van der Waals surface area contributed by atoms with Crippen LogP contribution in [-0.2, 0) is 23.9 Å². The number of benzene rings is 2. The number of fused-ring (bicyclic) bond motifs is 1. The molecular weight excluding hydrogens is 542 g/mol. The maximum atomic E-state index is 13.7. The van der Waals surface area contributed by atoms with Crippen molar-refractivity contribution >= 4 is 47.3 Å². The third-order valence-corrected chi connectivity index (χ3v) is 6.80. The van der Waals surface area contributed by atoms with Crippen LogP contribution < -0.4 is 21.3 Å². The molecule has 2 aromatic rings. The van der Waals surface area contributed by atoms with Crippen molar-refractivity contribution in [1.29, 1.82) is 0 Å². The molecule has 12 nitrogen and oxygen atoms in total. The van der Waals surface area contributed by atoms with E-state index in [4.69, 9.17) is 4.74 Å². The molecule has 1 heterocycles. The highest BCUT2D eigenvalue weighted by atomic mass is 16.5. The number of para-hydroxylation sites is 1. The van der Waals surface area contributed by atoms with Crippen LogP contribution in [0.15, 0.2) is 54.6 Å². The van der Waals surface area contributed by atoms with Gasteiger partial charge in [-0.3, -0.25) is 24.5 Å². The highest BCUT2D eigenvalue weighted by molar-refractivity contribution is 6.06. The minimum atomic E-state index is -0.889. The van der Waals surface area contributed by atoms with Gasteiger partial charge in [0.15, 0.2) is 0 Å². The van der Waals surface area contributed by atoms with Gasteiger partial charge >= 0.3 is 6.09 Å². The van der Waals surface area contributed by atoms with E-state index in [1.54, 1.807) is 24.1 Å². The molecule has 1 aliphatic rings. The van der Waals surface area contributed by atoms with Gasteiger partial charge in [-0.1, -0.05) is 30.4 Å². The highest BCUT2D eigenvalue weighted by Crippen LogP contribution is 2.28. The standard InChI is InChI=1S/C30H37N5O7/c1-4-35(17-16-26(42-19-36)21-10-8-9-11-23(21)31-2)29(39)24-12-6-5-7-13-27(37)33-25-18-20(32-30(40)41-3)14-15-22(25)28(38)34-24/h5-6,8-11,14-15,18-19,24,26,31H,4,7,12-13,16-17H2,1-3H3,(H,32,40)(H,33,37)(H,34,38)/b6-5+. The summed E-state index contributed by atoms with van der Waals surface area (Å²) in [7, 11) is 3.00. The Bertz CT molecular complexity index is 1310. The van der Waals surface area contributed by atoms with Crippen LogP contribution in [-0.4, -0.2) is 68.5 Å². The Labute approximate surface area is 244 Å². The number of methoxy groups -OCH3 is 1. The number of hydrogen-bond acceptors (Lipinski definition) is 8. The van der Waals surface area contributed by atoms with E-state index in [0.717, 1.165) is 11.3 Å². The predicted octanol–water partition coefficient (Wildman–Crippen LogP) is 3.84. The quantitative estimate of drug-likeness (QED) is 0.245. The van der Waals surface area contributed by atoms with E-state index in [1.165, 1.54) is 25.3 Å². The van der Waals surface area contributed by atoms with Crippen molar-refractivity contribution in [2.75, 3.05) is 43.2 Å². The molecule has 12 heteroatoms. The number of nitrogens with one attached hydrogen (secondary N) is 4. The molecule has 2 aromatic carbocycles. The van der Waals surface area contributed by atoms with Gasteiger partial charge < -0.3 is 30.3 Å². The second-order valence-electron chi connectivity index (χ2n) is 9.46. The molecule has 0 bridgehead atoms. The number of hydrogen-bond donors (Lipinski definition) is 4. The summed E-state index contributed by atoms with van der Waals surface area (Å²) in [4.78, 5) is 64.2. The molecule has 0 aliphatic carbocycles. The molecule has 1 aliphatic heterocycles. The Morgan fingerprint density at radius 2 is 1.95 bits per heavy atom. The number of anilines is 3. The normalized spacial score (nSPS) is 16.6. The number of carbonyl (C=O) groups is 5. The molecule has 3 rings (SSSR count). The number of nitrogens with zero attached hydrogens (tertiary/aromatic N) is 1. The zero-order chi connectivity index (χ0) is 30.5. The van der Waals surface area contributed by atoms with Crippen molar-refractivity contribution in [1.82, 2.24) is 10.2 Å². The lowest BCUT2D eigenvalue weighted by Gasteiger charge is -2.28. The van der Waals surface area contributed by atoms with E-state index in [9.17, 15) is 24.0 Å². The monoisotopic (exact) mass is 579 g/mol. The van der Waals surface area contributed by atoms with Gasteiger partial charge in [-0.25, -0.2) is 4.79 Å². The Morgan fingerprint density at radius 3 is 2.67 bits per heavy atom. The molecule has 0 saturated heterocycles. The van der Waals surface area contributed by atoms with Crippen LogP contribution in [0.5, 0.6) is 0 Å². The minimum absolute atomic E-state index is 0.132. The Balaban J connectivity index is 1.83. The van der Waals surface area contributed by atoms with Crippen LogP contribution in [0.2, 0.25) is 0 Å². The molecule has 0 saturated carbocycles. The smallest absolute Gasteiger partial charge is 0.411 e. The van der Waals surface area contributed by atoms with Crippen LogP contribution in [0, 0.1) is 0 Å². The van der Waals surface area contributed by atoms with E-state index in [-0.39, 0.29) is 42.5 Å². The lowest BCUT2D eigenvalue weighted by molar-refractivity contribution is -0.136. The van der Waals surface area contributed by atoms with Crippen LogP contribution >= 0.6 is 0 Å². The lowest BCUT2D eigenvalue weighted by Crippen LogP contribution is -2.49. The summed E-state index contributed by atoms with van der Waals surface area (Å²) in [6.45, 7) is 2.88. The molecule has 0 fully saturated rings. The number of ether oxygens (including phenoxy) is 2. The fourth-order valence-corrected chi connectivity index (χ4v) is 4.61. The summed E-state index contributed by atoms with van der Waals surface area (Å²) >= 11 is 0. The van der Waals surface area contributed by atoms with E-state index in [2.05, 4.69) is 26.0 Å². The van der Waals surface area contributed by atoms with Crippen LogP contribution in [0.1, 0.15) is 54.6 Å². The van der Waals surface area contributed by atoms with Crippen LogP contribution in [0.25, 0.3) is 0 Å². The number of carbonyl (C=O) groups excluding carboxylic acids is 5. The number of amides is 4. The Kier molecular flexibility index (Phi) is 11.9. The summed E-state index contributed by atoms with van der Waals surface area (Å²) in [5.74, 6) is -1.17. The van der Waals surface area contributed by atoms with Gasteiger partial charge in [-0.05, 0) is 44.0 Å². The average Bonchev–Trinajstić information content (AvgIpc) is 2.99. The van der Waals surface area contributed by atoms with Crippen molar-refractivity contribution in [3.63, 3.8) is 0 Å². The first-order valence-corrected chi connectivity index (χ1v) is 13.7. The van der Waals surface area contributed by atoms with Gasteiger partial charge in [-0.15, -0.1) is 0 Å². The first-order valence-electron chi connectivity index (χ1n) is 13.7. The van der Waals surface area contributed by atoms with Gasteiger partial charge in [0.25, 0.3) is 12.4 Å². The zero-order valence-corrected chi connectivity index (χ0v) is 24.0. The van der Waals surface area contributed by atoms with Crippen molar-refractivity contribution in [3.05, 3.63) is 65.7 Å². The van der Waals surface area contributed by atoms with E-state index >= 15 is 0 Å². The lowest BCUT2D eigenvalue weighted by atomic mass is 10.0. The molecule has 0 aromatic heterocycles.